The first-order valence-corrected chi connectivity index (χ1v) is 10.8. The van der Waals surface area contributed by atoms with Crippen LogP contribution in [-0.4, -0.2) is 59.1 Å². The summed E-state index contributed by atoms with van der Waals surface area (Å²) < 4.78 is 37.0. The van der Waals surface area contributed by atoms with Gasteiger partial charge in [-0.1, -0.05) is 6.92 Å². The lowest BCUT2D eigenvalue weighted by atomic mass is 10.1. The first-order chi connectivity index (χ1) is 15.3. The lowest BCUT2D eigenvalue weighted by Gasteiger charge is -2.18. The molecule has 0 aliphatic rings. The maximum absolute atomic E-state index is 14.0. The molecule has 0 saturated heterocycles. The number of urea groups is 1. The van der Waals surface area contributed by atoms with Gasteiger partial charge in [-0.15, -0.1) is 0 Å². The molecule has 0 aliphatic carbocycles. The first kappa shape index (κ1) is 25.4. The third-order valence-electron chi connectivity index (χ3n) is 4.63. The molecule has 9 nitrogen and oxygen atoms in total. The van der Waals surface area contributed by atoms with Crippen LogP contribution in [0.4, 0.5) is 18.6 Å². The van der Waals surface area contributed by atoms with E-state index in [4.69, 9.17) is 15.6 Å². The minimum absolute atomic E-state index is 0.0499. The normalized spacial score (nSPS) is 10.9. The van der Waals surface area contributed by atoms with Gasteiger partial charge in [0.25, 0.3) is 5.91 Å². The van der Waals surface area contributed by atoms with E-state index in [2.05, 4.69) is 15.0 Å². The Bertz CT molecular complexity index is 941. The summed E-state index contributed by atoms with van der Waals surface area (Å²) in [7, 11) is 0. The Kier molecular flexibility index (Phi) is 9.75. The predicted octanol–water partition coefficient (Wildman–Crippen LogP) is 2.23. The van der Waals surface area contributed by atoms with E-state index in [0.717, 1.165) is 30.2 Å². The zero-order valence-electron chi connectivity index (χ0n) is 17.9. The molecule has 3 amide bonds. The second-order valence-electron chi connectivity index (χ2n) is 6.93. The molecule has 1 aromatic carbocycles. The minimum atomic E-state index is -0.887. The third kappa shape index (κ3) is 7.11. The van der Waals surface area contributed by atoms with Crippen LogP contribution in [0.15, 0.2) is 12.1 Å². The Morgan fingerprint density at radius 3 is 2.69 bits per heavy atom. The molecule has 1 heterocycles. The lowest BCUT2D eigenvalue weighted by Crippen LogP contribution is -2.33. The molecule has 0 fully saturated rings. The van der Waals surface area contributed by atoms with Crippen molar-refractivity contribution in [1.29, 1.82) is 0 Å². The maximum Gasteiger partial charge on any atom is 0.319 e. The highest BCUT2D eigenvalue weighted by Gasteiger charge is 2.22. The molecule has 0 radical (unpaired) electrons. The quantitative estimate of drug-likeness (QED) is 0.351. The molecule has 0 unspecified atom stereocenters. The van der Waals surface area contributed by atoms with Gasteiger partial charge < -0.3 is 25.8 Å². The zero-order valence-corrected chi connectivity index (χ0v) is 18.7. The fraction of sp³-hybridized carbons (Fsp3) is 0.450. The highest BCUT2D eigenvalue weighted by atomic mass is 32.1. The number of rotatable bonds is 12. The van der Waals surface area contributed by atoms with Gasteiger partial charge >= 0.3 is 6.03 Å². The Morgan fingerprint density at radius 2 is 2.03 bits per heavy atom. The number of carbonyl (C=O) groups is 2. The standard InChI is InChI=1S/C20H27F2N5O4S/c1-3-27(7-8-28)6-4-5-24-20(30)25-19-16(17(23)29)18(26-32-19)31-11-13-10-14(21)12(2)9-15(13)22/h9-10,28H,3-8,11H2,1-2H3,(H2,23,29)(H2,24,25,30). The highest BCUT2D eigenvalue weighted by molar-refractivity contribution is 7.11. The number of nitrogens with one attached hydrogen (secondary N) is 2. The molecular formula is C20H27F2N5O4S. The summed E-state index contributed by atoms with van der Waals surface area (Å²) in [6.07, 6.45) is 0.666. The Balaban J connectivity index is 1.95. The molecule has 2 aromatic rings. The van der Waals surface area contributed by atoms with Crippen molar-refractivity contribution in [2.24, 2.45) is 5.73 Å². The van der Waals surface area contributed by atoms with Crippen molar-refractivity contribution >= 4 is 28.5 Å². The van der Waals surface area contributed by atoms with Crippen molar-refractivity contribution in [3.63, 3.8) is 0 Å². The van der Waals surface area contributed by atoms with E-state index < -0.39 is 23.6 Å². The molecule has 176 valence electrons. The molecule has 0 aliphatic heterocycles. The zero-order chi connectivity index (χ0) is 23.7. The van der Waals surface area contributed by atoms with E-state index in [-0.39, 0.29) is 40.8 Å². The van der Waals surface area contributed by atoms with E-state index in [9.17, 15) is 18.4 Å². The number of aryl methyl sites for hydroxylation is 1. The van der Waals surface area contributed by atoms with Gasteiger partial charge in [0.15, 0.2) is 0 Å². The first-order valence-electron chi connectivity index (χ1n) is 10.0. The monoisotopic (exact) mass is 471 g/mol. The van der Waals surface area contributed by atoms with Crippen LogP contribution in [-0.2, 0) is 6.61 Å². The van der Waals surface area contributed by atoms with Crippen LogP contribution in [0.25, 0.3) is 0 Å². The molecule has 12 heteroatoms. The molecule has 2 rings (SSSR count). The van der Waals surface area contributed by atoms with E-state index in [1.54, 1.807) is 0 Å². The Hall–Kier alpha value is -2.83. The Morgan fingerprint density at radius 1 is 1.28 bits per heavy atom. The van der Waals surface area contributed by atoms with Gasteiger partial charge in [-0.3, -0.25) is 10.1 Å². The van der Waals surface area contributed by atoms with Crippen LogP contribution in [0.5, 0.6) is 5.88 Å². The van der Waals surface area contributed by atoms with Crippen molar-refractivity contribution in [3.05, 3.63) is 40.5 Å². The number of ether oxygens (including phenoxy) is 1. The minimum Gasteiger partial charge on any atom is -0.471 e. The number of primary amides is 1. The van der Waals surface area contributed by atoms with Crippen molar-refractivity contribution in [2.75, 3.05) is 38.1 Å². The topological polar surface area (TPSA) is 130 Å². The van der Waals surface area contributed by atoms with Gasteiger partial charge in [0.05, 0.1) is 6.61 Å². The van der Waals surface area contributed by atoms with Crippen molar-refractivity contribution in [2.45, 2.75) is 26.9 Å². The number of anilines is 1. The van der Waals surface area contributed by atoms with E-state index in [0.29, 0.717) is 26.1 Å². The van der Waals surface area contributed by atoms with Crippen molar-refractivity contribution < 1.29 is 28.2 Å². The predicted molar refractivity (Wildman–Crippen MR) is 117 cm³/mol. The molecule has 5 N–H and O–H groups in total. The average Bonchev–Trinajstić information content (AvgIpc) is 3.14. The van der Waals surface area contributed by atoms with Crippen LogP contribution in [0, 0.1) is 18.6 Å². The summed E-state index contributed by atoms with van der Waals surface area (Å²) in [6.45, 7) is 5.55. The fourth-order valence-corrected chi connectivity index (χ4v) is 3.58. The second-order valence-corrected chi connectivity index (χ2v) is 7.70. The van der Waals surface area contributed by atoms with Crippen molar-refractivity contribution in [3.8, 4) is 5.88 Å². The number of aromatic nitrogens is 1. The maximum atomic E-state index is 14.0. The largest absolute Gasteiger partial charge is 0.471 e. The van der Waals surface area contributed by atoms with Crippen LogP contribution < -0.4 is 21.1 Å². The number of hydrogen-bond acceptors (Lipinski definition) is 7. The molecule has 0 bridgehead atoms. The lowest BCUT2D eigenvalue weighted by molar-refractivity contribution is 0.0996. The number of likely N-dealkylation sites (N-methyl/N-ethyl adjacent to an activating group) is 1. The highest BCUT2D eigenvalue weighted by Crippen LogP contribution is 2.31. The van der Waals surface area contributed by atoms with Crippen LogP contribution >= 0.6 is 11.5 Å². The summed E-state index contributed by atoms with van der Waals surface area (Å²) in [5.41, 5.74) is 5.35. The number of hydrogen-bond donors (Lipinski definition) is 4. The van der Waals surface area contributed by atoms with Gasteiger partial charge in [0, 0.05) is 18.7 Å². The molecule has 0 spiro atoms. The summed E-state index contributed by atoms with van der Waals surface area (Å²) >= 11 is 0.780. The molecule has 0 saturated carbocycles. The van der Waals surface area contributed by atoms with Crippen LogP contribution in [0.3, 0.4) is 0 Å². The second kappa shape index (κ2) is 12.3. The van der Waals surface area contributed by atoms with Gasteiger partial charge in [-0.2, -0.15) is 4.37 Å². The number of nitrogens with zero attached hydrogens (tertiary/aromatic N) is 2. The summed E-state index contributed by atoms with van der Waals surface area (Å²) in [5, 5.41) is 14.2. The number of nitrogens with two attached hydrogens (primary N) is 1. The number of carbonyl (C=O) groups excluding carboxylic acids is 2. The molecule has 0 atom stereocenters. The van der Waals surface area contributed by atoms with Gasteiger partial charge in [0.2, 0.25) is 5.88 Å². The fourth-order valence-electron chi connectivity index (χ4n) is 2.84. The number of amides is 3. The molecule has 32 heavy (non-hydrogen) atoms. The SMILES string of the molecule is CCN(CCO)CCCNC(=O)Nc1snc(OCc2cc(F)c(C)cc2F)c1C(N)=O. The summed E-state index contributed by atoms with van der Waals surface area (Å²) in [6, 6.07) is 1.50. The third-order valence-corrected chi connectivity index (χ3v) is 5.37. The molecule has 1 aromatic heterocycles. The van der Waals surface area contributed by atoms with E-state index in [1.807, 2.05) is 11.8 Å². The van der Waals surface area contributed by atoms with E-state index in [1.165, 1.54) is 6.92 Å². The van der Waals surface area contributed by atoms with Crippen LogP contribution in [0.1, 0.15) is 34.8 Å². The Labute approximate surface area is 188 Å². The molecular weight excluding hydrogens is 444 g/mol. The van der Waals surface area contributed by atoms with Gasteiger partial charge in [-0.05, 0) is 55.7 Å². The summed E-state index contributed by atoms with van der Waals surface area (Å²) in [4.78, 5) is 26.1. The number of benzene rings is 1. The van der Waals surface area contributed by atoms with Gasteiger partial charge in [0.1, 0.15) is 28.8 Å². The number of aliphatic hydroxyl groups is 1. The van der Waals surface area contributed by atoms with Crippen LogP contribution in [0.2, 0.25) is 0 Å². The smallest absolute Gasteiger partial charge is 0.319 e. The van der Waals surface area contributed by atoms with Crippen molar-refractivity contribution in [1.82, 2.24) is 14.6 Å². The van der Waals surface area contributed by atoms with E-state index >= 15 is 0 Å². The summed E-state index contributed by atoms with van der Waals surface area (Å²) in [5.74, 6) is -2.31. The van der Waals surface area contributed by atoms with Gasteiger partial charge in [-0.25, -0.2) is 13.6 Å². The number of aliphatic hydroxyl groups excluding tert-OH is 1. The number of halogens is 2. The average molecular weight is 472 g/mol.